The minimum Gasteiger partial charge on any atom is -0.348 e. The summed E-state index contributed by atoms with van der Waals surface area (Å²) in [6.07, 6.45) is 2.13. The van der Waals surface area contributed by atoms with E-state index in [0.717, 1.165) is 19.5 Å². The summed E-state index contributed by atoms with van der Waals surface area (Å²) in [6, 6.07) is 17.6. The molecule has 2 atom stereocenters. The van der Waals surface area contributed by atoms with Crippen molar-refractivity contribution in [3.8, 4) is 0 Å². The van der Waals surface area contributed by atoms with Crippen LogP contribution in [0, 0.1) is 0 Å². The molecular weight excluding hydrogens is 360 g/mol. The van der Waals surface area contributed by atoms with E-state index in [1.54, 1.807) is 24.3 Å². The molecule has 5 nitrogen and oxygen atoms in total. The first-order valence-electron chi connectivity index (χ1n) is 9.18. The topological polar surface area (TPSA) is 66.5 Å². The molecule has 0 aliphatic carbocycles. The SMILES string of the molecule is C[C@H](c1ccccc1)N1CC[C@@H](NC(=O)c2ccc(CS(C)(=O)=O)cc2)C1. The molecule has 3 rings (SSSR count). The molecule has 6 heteroatoms. The van der Waals surface area contributed by atoms with Crippen molar-refractivity contribution in [2.75, 3.05) is 19.3 Å². The van der Waals surface area contributed by atoms with E-state index in [1.807, 2.05) is 6.07 Å². The molecule has 0 aromatic heterocycles. The minimum absolute atomic E-state index is 0.0101. The second kappa shape index (κ2) is 8.23. The molecule has 0 radical (unpaired) electrons. The predicted molar refractivity (Wildman–Crippen MR) is 107 cm³/mol. The van der Waals surface area contributed by atoms with E-state index in [1.165, 1.54) is 11.8 Å². The Bertz CT molecular complexity index is 879. The zero-order chi connectivity index (χ0) is 19.4. The lowest BCUT2D eigenvalue weighted by atomic mass is 10.1. The molecule has 1 fully saturated rings. The van der Waals surface area contributed by atoms with E-state index in [9.17, 15) is 13.2 Å². The van der Waals surface area contributed by atoms with Crippen molar-refractivity contribution in [3.05, 3.63) is 71.3 Å². The maximum Gasteiger partial charge on any atom is 0.251 e. The summed E-state index contributed by atoms with van der Waals surface area (Å²) in [5.41, 5.74) is 2.53. The molecule has 1 N–H and O–H groups in total. The van der Waals surface area contributed by atoms with Gasteiger partial charge in [-0.2, -0.15) is 0 Å². The molecule has 1 saturated heterocycles. The normalized spacial score (nSPS) is 19.0. The van der Waals surface area contributed by atoms with E-state index in [2.05, 4.69) is 41.4 Å². The van der Waals surface area contributed by atoms with E-state index in [-0.39, 0.29) is 17.7 Å². The number of sulfone groups is 1. The molecule has 1 amide bonds. The van der Waals surface area contributed by atoms with Gasteiger partial charge in [0.15, 0.2) is 9.84 Å². The average molecular weight is 387 g/mol. The standard InChI is InChI=1S/C21H26N2O3S/c1-16(18-6-4-3-5-7-18)23-13-12-20(14-23)22-21(24)19-10-8-17(9-11-19)15-27(2,25)26/h3-11,16,20H,12-15H2,1-2H3,(H,22,24)/t16-,20-/m1/s1. The Morgan fingerprint density at radius 2 is 1.81 bits per heavy atom. The number of carbonyl (C=O) groups is 1. The van der Waals surface area contributed by atoms with Gasteiger partial charge >= 0.3 is 0 Å². The predicted octanol–water partition coefficient (Wildman–Crippen LogP) is 2.80. The monoisotopic (exact) mass is 386 g/mol. The number of carbonyl (C=O) groups excluding carboxylic acids is 1. The minimum atomic E-state index is -3.07. The van der Waals surface area contributed by atoms with Gasteiger partial charge in [0.25, 0.3) is 5.91 Å². The third kappa shape index (κ3) is 5.40. The number of benzene rings is 2. The van der Waals surface area contributed by atoms with Gasteiger partial charge in [0.2, 0.25) is 0 Å². The summed E-state index contributed by atoms with van der Waals surface area (Å²) in [7, 11) is -3.07. The van der Waals surface area contributed by atoms with Crippen LogP contribution in [0.3, 0.4) is 0 Å². The van der Waals surface area contributed by atoms with Crippen molar-refractivity contribution in [2.45, 2.75) is 31.2 Å². The number of hydrogen-bond acceptors (Lipinski definition) is 4. The van der Waals surface area contributed by atoms with Gasteiger partial charge in [0.05, 0.1) is 5.75 Å². The summed E-state index contributed by atoms with van der Waals surface area (Å²) < 4.78 is 22.7. The molecule has 2 aromatic carbocycles. The molecule has 0 unspecified atom stereocenters. The van der Waals surface area contributed by atoms with Crippen LogP contribution in [0.5, 0.6) is 0 Å². The number of amides is 1. The second-order valence-corrected chi connectivity index (χ2v) is 9.45. The summed E-state index contributed by atoms with van der Waals surface area (Å²) in [6.45, 7) is 3.97. The highest BCUT2D eigenvalue weighted by Crippen LogP contribution is 2.24. The largest absolute Gasteiger partial charge is 0.348 e. The van der Waals surface area contributed by atoms with Crippen molar-refractivity contribution >= 4 is 15.7 Å². The highest BCUT2D eigenvalue weighted by molar-refractivity contribution is 7.89. The quantitative estimate of drug-likeness (QED) is 0.829. The Morgan fingerprint density at radius 1 is 1.15 bits per heavy atom. The van der Waals surface area contributed by atoms with Crippen LogP contribution in [0.1, 0.15) is 40.9 Å². The van der Waals surface area contributed by atoms with Crippen LogP contribution in [0.4, 0.5) is 0 Å². The highest BCUT2D eigenvalue weighted by Gasteiger charge is 2.27. The van der Waals surface area contributed by atoms with E-state index >= 15 is 0 Å². The third-order valence-corrected chi connectivity index (χ3v) is 5.89. The second-order valence-electron chi connectivity index (χ2n) is 7.31. The molecule has 27 heavy (non-hydrogen) atoms. The Morgan fingerprint density at radius 3 is 2.44 bits per heavy atom. The lowest BCUT2D eigenvalue weighted by molar-refractivity contribution is 0.0936. The van der Waals surface area contributed by atoms with Gasteiger partial charge in [-0.15, -0.1) is 0 Å². The lowest BCUT2D eigenvalue weighted by Gasteiger charge is -2.24. The van der Waals surface area contributed by atoms with Crippen LogP contribution >= 0.6 is 0 Å². The maximum absolute atomic E-state index is 12.5. The molecule has 1 heterocycles. The van der Waals surface area contributed by atoms with Crippen LogP contribution in [0.25, 0.3) is 0 Å². The van der Waals surface area contributed by atoms with Gasteiger partial charge in [0, 0.05) is 37.0 Å². The molecular formula is C21H26N2O3S. The molecule has 2 aromatic rings. The molecule has 1 aliphatic rings. The Balaban J connectivity index is 1.56. The van der Waals surface area contributed by atoms with Gasteiger partial charge in [0.1, 0.15) is 0 Å². The number of hydrogen-bond donors (Lipinski definition) is 1. The highest BCUT2D eigenvalue weighted by atomic mass is 32.2. The first-order chi connectivity index (χ1) is 12.8. The van der Waals surface area contributed by atoms with Crippen LogP contribution in [0.15, 0.2) is 54.6 Å². The summed E-state index contributed by atoms with van der Waals surface area (Å²) in [5, 5.41) is 3.10. The average Bonchev–Trinajstić information content (AvgIpc) is 3.09. The Hall–Kier alpha value is -2.18. The van der Waals surface area contributed by atoms with Crippen molar-refractivity contribution in [3.63, 3.8) is 0 Å². The number of likely N-dealkylation sites (tertiary alicyclic amines) is 1. The van der Waals surface area contributed by atoms with Crippen LogP contribution in [-0.4, -0.2) is 44.6 Å². The van der Waals surface area contributed by atoms with E-state index in [4.69, 9.17) is 0 Å². The smallest absolute Gasteiger partial charge is 0.251 e. The summed E-state index contributed by atoms with van der Waals surface area (Å²) in [5.74, 6) is -0.121. The summed E-state index contributed by atoms with van der Waals surface area (Å²) in [4.78, 5) is 14.9. The molecule has 0 saturated carbocycles. The van der Waals surface area contributed by atoms with Crippen LogP contribution in [0.2, 0.25) is 0 Å². The molecule has 144 valence electrons. The number of nitrogens with zero attached hydrogens (tertiary/aromatic N) is 1. The van der Waals surface area contributed by atoms with Crippen molar-refractivity contribution < 1.29 is 13.2 Å². The fourth-order valence-corrected chi connectivity index (χ4v) is 4.32. The third-order valence-electron chi connectivity index (χ3n) is 5.03. The summed E-state index contributed by atoms with van der Waals surface area (Å²) >= 11 is 0. The van der Waals surface area contributed by atoms with Crippen molar-refractivity contribution in [2.24, 2.45) is 0 Å². The van der Waals surface area contributed by atoms with Gasteiger partial charge in [-0.25, -0.2) is 8.42 Å². The zero-order valence-corrected chi connectivity index (χ0v) is 16.6. The van der Waals surface area contributed by atoms with Crippen molar-refractivity contribution in [1.29, 1.82) is 0 Å². The zero-order valence-electron chi connectivity index (χ0n) is 15.8. The molecule has 1 aliphatic heterocycles. The van der Waals surface area contributed by atoms with Crippen LogP contribution in [-0.2, 0) is 15.6 Å². The van der Waals surface area contributed by atoms with Gasteiger partial charge in [-0.05, 0) is 36.6 Å². The Kier molecular flexibility index (Phi) is 5.97. The number of nitrogens with one attached hydrogen (secondary N) is 1. The van der Waals surface area contributed by atoms with E-state index < -0.39 is 9.84 Å². The molecule has 0 bridgehead atoms. The molecule has 0 spiro atoms. The maximum atomic E-state index is 12.5. The number of rotatable bonds is 6. The fourth-order valence-electron chi connectivity index (χ4n) is 3.52. The Labute approximate surface area is 161 Å². The van der Waals surface area contributed by atoms with Gasteiger partial charge in [-0.1, -0.05) is 42.5 Å². The van der Waals surface area contributed by atoms with Gasteiger partial charge < -0.3 is 5.32 Å². The van der Waals surface area contributed by atoms with E-state index in [0.29, 0.717) is 17.2 Å². The first-order valence-corrected chi connectivity index (χ1v) is 11.2. The lowest BCUT2D eigenvalue weighted by Crippen LogP contribution is -2.37. The fraction of sp³-hybridized carbons (Fsp3) is 0.381. The van der Waals surface area contributed by atoms with Gasteiger partial charge in [-0.3, -0.25) is 9.69 Å². The van der Waals surface area contributed by atoms with Crippen LogP contribution < -0.4 is 5.32 Å². The first kappa shape index (κ1) is 19.6. The van der Waals surface area contributed by atoms with Crippen molar-refractivity contribution in [1.82, 2.24) is 10.2 Å².